The highest BCUT2D eigenvalue weighted by molar-refractivity contribution is 7.98. The minimum Gasteiger partial charge on any atom is -0.294 e. The third-order valence-corrected chi connectivity index (χ3v) is 5.52. The van der Waals surface area contributed by atoms with Gasteiger partial charge >= 0.3 is 0 Å². The van der Waals surface area contributed by atoms with Gasteiger partial charge in [0.25, 0.3) is 0 Å². The Hall–Kier alpha value is -2.27. The Morgan fingerprint density at radius 3 is 2.62 bits per heavy atom. The van der Waals surface area contributed by atoms with Gasteiger partial charge in [-0.2, -0.15) is 0 Å². The van der Waals surface area contributed by atoms with Crippen molar-refractivity contribution in [1.29, 1.82) is 0 Å². The average Bonchev–Trinajstić information content (AvgIpc) is 2.71. The minimum atomic E-state index is -2.17. The Morgan fingerprint density at radius 2 is 1.93 bits per heavy atom. The second-order valence-electron chi connectivity index (χ2n) is 6.08. The summed E-state index contributed by atoms with van der Waals surface area (Å²) in [4.78, 5) is 21.3. The number of ketones is 1. The fourth-order valence-corrected chi connectivity index (χ4v) is 3.89. The zero-order valence-corrected chi connectivity index (χ0v) is 16.9. The van der Waals surface area contributed by atoms with Crippen molar-refractivity contribution in [1.82, 2.24) is 14.7 Å². The van der Waals surface area contributed by atoms with Crippen LogP contribution in [0.1, 0.15) is 27.9 Å². The third kappa shape index (κ3) is 4.84. The summed E-state index contributed by atoms with van der Waals surface area (Å²) in [6.45, 7) is 0.140. The van der Waals surface area contributed by atoms with E-state index < -0.39 is 28.7 Å². The highest BCUT2D eigenvalue weighted by atomic mass is 32.2. The first-order valence-electron chi connectivity index (χ1n) is 8.57. The SMILES string of the molecule is CSc1c(F)cc(CCCNS(=O)O)c(F)c1C(=O)c1ccc2nccnc2c1. The van der Waals surface area contributed by atoms with Crippen molar-refractivity contribution in [2.75, 3.05) is 12.8 Å². The molecule has 1 atom stereocenters. The highest BCUT2D eigenvalue weighted by Gasteiger charge is 2.24. The molecule has 0 saturated carbocycles. The molecule has 0 spiro atoms. The summed E-state index contributed by atoms with van der Waals surface area (Å²) >= 11 is -1.22. The number of benzene rings is 2. The molecule has 0 amide bonds. The minimum absolute atomic E-state index is 0.0368. The van der Waals surface area contributed by atoms with Crippen LogP contribution in [-0.4, -0.2) is 37.3 Å². The second-order valence-corrected chi connectivity index (χ2v) is 7.68. The molecular weight excluding hydrogens is 420 g/mol. The summed E-state index contributed by atoms with van der Waals surface area (Å²) in [5.41, 5.74) is 0.956. The highest BCUT2D eigenvalue weighted by Crippen LogP contribution is 2.31. The zero-order chi connectivity index (χ0) is 21.0. The Morgan fingerprint density at radius 1 is 1.21 bits per heavy atom. The monoisotopic (exact) mass is 437 g/mol. The zero-order valence-electron chi connectivity index (χ0n) is 15.3. The van der Waals surface area contributed by atoms with Gasteiger partial charge in [-0.25, -0.2) is 17.7 Å². The molecule has 3 aromatic rings. The topological polar surface area (TPSA) is 92.2 Å². The summed E-state index contributed by atoms with van der Waals surface area (Å²) in [7, 11) is 0. The second kappa shape index (κ2) is 9.49. The molecule has 3 rings (SSSR count). The van der Waals surface area contributed by atoms with Gasteiger partial charge in [-0.05, 0) is 48.9 Å². The maximum atomic E-state index is 15.2. The van der Waals surface area contributed by atoms with E-state index in [0.717, 1.165) is 17.8 Å². The maximum absolute atomic E-state index is 15.2. The maximum Gasteiger partial charge on any atom is 0.231 e. The lowest BCUT2D eigenvalue weighted by atomic mass is 9.97. The number of aromatic nitrogens is 2. The molecule has 2 N–H and O–H groups in total. The van der Waals surface area contributed by atoms with Gasteiger partial charge in [0.05, 0.1) is 21.5 Å². The number of nitrogens with zero attached hydrogens (tertiary/aromatic N) is 2. The molecule has 0 aliphatic rings. The Bertz CT molecular complexity index is 1100. The van der Waals surface area contributed by atoms with E-state index in [9.17, 15) is 13.4 Å². The number of carbonyl (C=O) groups is 1. The van der Waals surface area contributed by atoms with Crippen LogP contribution in [0.4, 0.5) is 8.78 Å². The molecule has 6 nitrogen and oxygen atoms in total. The van der Waals surface area contributed by atoms with Gasteiger partial charge in [-0.3, -0.25) is 19.3 Å². The summed E-state index contributed by atoms with van der Waals surface area (Å²) in [6, 6.07) is 5.68. The summed E-state index contributed by atoms with van der Waals surface area (Å²) in [5.74, 6) is -2.11. The number of aryl methyl sites for hydroxylation is 1. The van der Waals surface area contributed by atoms with Gasteiger partial charge in [-0.1, -0.05) is 0 Å². The predicted octanol–water partition coefficient (Wildman–Crippen LogP) is 3.52. The Labute approximate surface area is 172 Å². The Kier molecular flexibility index (Phi) is 7.01. The smallest absolute Gasteiger partial charge is 0.231 e. The van der Waals surface area contributed by atoms with Gasteiger partial charge in [0, 0.05) is 24.5 Å². The van der Waals surface area contributed by atoms with Gasteiger partial charge in [0.2, 0.25) is 11.3 Å². The Balaban J connectivity index is 1.99. The van der Waals surface area contributed by atoms with Crippen molar-refractivity contribution in [3.63, 3.8) is 0 Å². The van der Waals surface area contributed by atoms with E-state index >= 15 is 4.39 Å². The molecule has 1 heterocycles. The lowest BCUT2D eigenvalue weighted by Crippen LogP contribution is -2.18. The van der Waals surface area contributed by atoms with Crippen LogP contribution in [0.3, 0.4) is 0 Å². The summed E-state index contributed by atoms with van der Waals surface area (Å²) in [6.07, 6.45) is 4.97. The van der Waals surface area contributed by atoms with Crippen molar-refractivity contribution in [3.05, 3.63) is 65.0 Å². The lowest BCUT2D eigenvalue weighted by molar-refractivity contribution is 0.103. The van der Waals surface area contributed by atoms with E-state index in [2.05, 4.69) is 14.7 Å². The van der Waals surface area contributed by atoms with Crippen molar-refractivity contribution >= 4 is 39.8 Å². The van der Waals surface area contributed by atoms with Gasteiger partial charge in [0.1, 0.15) is 11.6 Å². The molecule has 29 heavy (non-hydrogen) atoms. The lowest BCUT2D eigenvalue weighted by Gasteiger charge is -2.13. The van der Waals surface area contributed by atoms with E-state index in [0.29, 0.717) is 17.5 Å². The standard InChI is InChI=1S/C19H17F2N3O3S2/c1-28-19-13(20)9-11(3-2-6-24-29(26)27)17(21)16(19)18(25)12-4-5-14-15(10-12)23-8-7-22-14/h4-5,7-10,24H,2-3,6H2,1H3,(H,26,27). The molecule has 2 aromatic carbocycles. The van der Waals surface area contributed by atoms with E-state index in [1.54, 1.807) is 12.3 Å². The van der Waals surface area contributed by atoms with E-state index in [1.165, 1.54) is 24.5 Å². The van der Waals surface area contributed by atoms with Crippen LogP contribution in [0, 0.1) is 11.6 Å². The normalized spacial score (nSPS) is 12.3. The number of rotatable bonds is 8. The van der Waals surface area contributed by atoms with Crippen molar-refractivity contribution < 1.29 is 22.3 Å². The van der Waals surface area contributed by atoms with Crippen molar-refractivity contribution in [2.24, 2.45) is 0 Å². The molecule has 0 saturated heterocycles. The number of carbonyl (C=O) groups excluding carboxylic acids is 1. The number of hydrogen-bond donors (Lipinski definition) is 2. The first-order chi connectivity index (χ1) is 13.9. The molecular formula is C19H17F2N3O3S2. The average molecular weight is 437 g/mol. The fourth-order valence-electron chi connectivity index (χ4n) is 2.93. The first-order valence-corrected chi connectivity index (χ1v) is 10.9. The molecule has 0 aliphatic carbocycles. The van der Waals surface area contributed by atoms with Crippen LogP contribution in [0.25, 0.3) is 11.0 Å². The van der Waals surface area contributed by atoms with Gasteiger partial charge in [0.15, 0.2) is 5.78 Å². The van der Waals surface area contributed by atoms with Crippen LogP contribution < -0.4 is 4.72 Å². The molecule has 0 fully saturated rings. The summed E-state index contributed by atoms with van der Waals surface area (Å²) in [5, 5.41) is 0. The number of thioether (sulfide) groups is 1. The molecule has 1 aromatic heterocycles. The predicted molar refractivity (Wildman–Crippen MR) is 108 cm³/mol. The van der Waals surface area contributed by atoms with E-state index in [-0.39, 0.29) is 34.6 Å². The fraction of sp³-hybridized carbons (Fsp3) is 0.211. The molecule has 0 aliphatic heterocycles. The quantitative estimate of drug-likeness (QED) is 0.242. The van der Waals surface area contributed by atoms with Crippen molar-refractivity contribution in [3.8, 4) is 0 Å². The van der Waals surface area contributed by atoms with Crippen molar-refractivity contribution in [2.45, 2.75) is 17.7 Å². The molecule has 0 bridgehead atoms. The van der Waals surface area contributed by atoms with E-state index in [1.807, 2.05) is 0 Å². The number of hydrogen-bond acceptors (Lipinski definition) is 5. The number of nitrogens with one attached hydrogen (secondary N) is 1. The van der Waals surface area contributed by atoms with Gasteiger partial charge in [-0.15, -0.1) is 11.8 Å². The van der Waals surface area contributed by atoms with Crippen LogP contribution in [0.2, 0.25) is 0 Å². The van der Waals surface area contributed by atoms with E-state index in [4.69, 9.17) is 4.55 Å². The largest absolute Gasteiger partial charge is 0.294 e. The van der Waals surface area contributed by atoms with Gasteiger partial charge < -0.3 is 0 Å². The van der Waals surface area contributed by atoms with Crippen LogP contribution >= 0.6 is 11.8 Å². The first kappa shape index (κ1) is 21.4. The summed E-state index contributed by atoms with van der Waals surface area (Å²) < 4.78 is 51.4. The molecule has 152 valence electrons. The molecule has 1 unspecified atom stereocenters. The van der Waals surface area contributed by atoms with Crippen LogP contribution in [0.5, 0.6) is 0 Å². The molecule has 10 heteroatoms. The van der Waals surface area contributed by atoms with Crippen LogP contribution in [-0.2, 0) is 17.7 Å². The number of halogens is 2. The number of fused-ring (bicyclic) bond motifs is 1. The van der Waals surface area contributed by atoms with Crippen LogP contribution in [0.15, 0.2) is 41.6 Å². The third-order valence-electron chi connectivity index (χ3n) is 4.26. The molecule has 0 radical (unpaired) electrons.